The highest BCUT2D eigenvalue weighted by Crippen LogP contribution is 2.25. The highest BCUT2D eigenvalue weighted by Gasteiger charge is 2.14. The van der Waals surface area contributed by atoms with Crippen LogP contribution in [0, 0.1) is 12.7 Å². The van der Waals surface area contributed by atoms with E-state index in [1.165, 1.54) is 24.3 Å². The fourth-order valence-corrected chi connectivity index (χ4v) is 2.58. The van der Waals surface area contributed by atoms with Gasteiger partial charge in [-0.3, -0.25) is 0 Å². The maximum Gasteiger partial charge on any atom is 0.165 e. The smallest absolute Gasteiger partial charge is 0.165 e. The van der Waals surface area contributed by atoms with Crippen molar-refractivity contribution in [3.8, 4) is 5.75 Å². The molecule has 2 nitrogen and oxygen atoms in total. The maximum atomic E-state index is 13.5. The Morgan fingerprint density at radius 1 is 1.05 bits per heavy atom. The van der Waals surface area contributed by atoms with Gasteiger partial charge in [-0.05, 0) is 49.6 Å². The first-order chi connectivity index (χ1) is 10.0. The third-order valence-electron chi connectivity index (χ3n) is 3.83. The van der Waals surface area contributed by atoms with Gasteiger partial charge < -0.3 is 10.1 Å². The Labute approximate surface area is 126 Å². The lowest BCUT2D eigenvalue weighted by molar-refractivity contribution is 0.384. The fourth-order valence-electron chi connectivity index (χ4n) is 2.58. The van der Waals surface area contributed by atoms with Crippen LogP contribution in [0.3, 0.4) is 0 Å². The first kappa shape index (κ1) is 15.5. The molecule has 2 atom stereocenters. The number of benzene rings is 2. The molecule has 0 aromatic heterocycles. The molecule has 1 N–H and O–H groups in total. The van der Waals surface area contributed by atoms with Crippen LogP contribution in [0.5, 0.6) is 5.75 Å². The van der Waals surface area contributed by atoms with Crippen LogP contribution in [0.25, 0.3) is 0 Å². The van der Waals surface area contributed by atoms with E-state index in [9.17, 15) is 4.39 Å². The number of rotatable bonds is 5. The van der Waals surface area contributed by atoms with Crippen molar-refractivity contribution < 1.29 is 9.13 Å². The van der Waals surface area contributed by atoms with Gasteiger partial charge in [0, 0.05) is 12.1 Å². The molecule has 0 fully saturated rings. The lowest BCUT2D eigenvalue weighted by Gasteiger charge is -2.22. The van der Waals surface area contributed by atoms with Gasteiger partial charge in [0.1, 0.15) is 0 Å². The molecule has 0 aliphatic carbocycles. The fraction of sp³-hybridized carbons (Fsp3) is 0.333. The largest absolute Gasteiger partial charge is 0.494 e. The lowest BCUT2D eigenvalue weighted by Crippen LogP contribution is -2.23. The minimum Gasteiger partial charge on any atom is -0.494 e. The van der Waals surface area contributed by atoms with E-state index in [1.54, 1.807) is 12.1 Å². The predicted molar refractivity (Wildman–Crippen MR) is 84.1 cm³/mol. The quantitative estimate of drug-likeness (QED) is 0.870. The number of ether oxygens (including phenoxy) is 1. The van der Waals surface area contributed by atoms with Gasteiger partial charge in [0.15, 0.2) is 11.6 Å². The topological polar surface area (TPSA) is 21.3 Å². The number of halogens is 1. The van der Waals surface area contributed by atoms with Crippen molar-refractivity contribution in [1.29, 1.82) is 0 Å². The van der Waals surface area contributed by atoms with E-state index < -0.39 is 0 Å². The molecule has 0 radical (unpaired) electrons. The van der Waals surface area contributed by atoms with Crippen molar-refractivity contribution in [2.75, 3.05) is 7.11 Å². The third-order valence-corrected chi connectivity index (χ3v) is 3.83. The Kier molecular flexibility index (Phi) is 4.97. The maximum absolute atomic E-state index is 13.5. The number of aryl methyl sites for hydroxylation is 1. The Morgan fingerprint density at radius 3 is 2.43 bits per heavy atom. The molecule has 0 aliphatic heterocycles. The lowest BCUT2D eigenvalue weighted by atomic mass is 10.0. The minimum atomic E-state index is -0.333. The zero-order chi connectivity index (χ0) is 15.4. The van der Waals surface area contributed by atoms with Crippen LogP contribution in [0.15, 0.2) is 42.5 Å². The van der Waals surface area contributed by atoms with E-state index in [4.69, 9.17) is 4.74 Å². The zero-order valence-electron chi connectivity index (χ0n) is 13.0. The highest BCUT2D eigenvalue weighted by atomic mass is 19.1. The summed E-state index contributed by atoms with van der Waals surface area (Å²) in [6.07, 6.45) is 0. The molecule has 21 heavy (non-hydrogen) atoms. The molecule has 112 valence electrons. The van der Waals surface area contributed by atoms with Gasteiger partial charge in [0.25, 0.3) is 0 Å². The van der Waals surface area contributed by atoms with Gasteiger partial charge >= 0.3 is 0 Å². The molecule has 3 heteroatoms. The van der Waals surface area contributed by atoms with Crippen molar-refractivity contribution in [2.24, 2.45) is 0 Å². The van der Waals surface area contributed by atoms with E-state index in [-0.39, 0.29) is 23.7 Å². The summed E-state index contributed by atoms with van der Waals surface area (Å²) >= 11 is 0. The first-order valence-corrected chi connectivity index (χ1v) is 7.18. The van der Waals surface area contributed by atoms with Gasteiger partial charge in [-0.2, -0.15) is 0 Å². The molecule has 0 saturated carbocycles. The van der Waals surface area contributed by atoms with Crippen LogP contribution < -0.4 is 10.1 Å². The second-order valence-electron chi connectivity index (χ2n) is 5.36. The molecule has 2 aromatic rings. The summed E-state index contributed by atoms with van der Waals surface area (Å²) in [4.78, 5) is 0. The summed E-state index contributed by atoms with van der Waals surface area (Å²) in [5.41, 5.74) is 3.55. The van der Waals surface area contributed by atoms with Crippen molar-refractivity contribution >= 4 is 0 Å². The van der Waals surface area contributed by atoms with Crippen LogP contribution >= 0.6 is 0 Å². The van der Waals surface area contributed by atoms with Crippen LogP contribution in [-0.4, -0.2) is 7.11 Å². The van der Waals surface area contributed by atoms with Crippen LogP contribution in [0.1, 0.15) is 42.6 Å². The van der Waals surface area contributed by atoms with Gasteiger partial charge in [-0.1, -0.05) is 30.3 Å². The van der Waals surface area contributed by atoms with Gasteiger partial charge in [0.2, 0.25) is 0 Å². The normalized spacial score (nSPS) is 13.8. The number of hydrogen-bond donors (Lipinski definition) is 1. The van der Waals surface area contributed by atoms with Gasteiger partial charge in [-0.15, -0.1) is 0 Å². The van der Waals surface area contributed by atoms with E-state index in [0.29, 0.717) is 0 Å². The zero-order valence-corrected chi connectivity index (χ0v) is 13.0. The van der Waals surface area contributed by atoms with Crippen molar-refractivity contribution in [2.45, 2.75) is 32.9 Å². The Balaban J connectivity index is 2.14. The molecule has 0 bridgehead atoms. The van der Waals surface area contributed by atoms with E-state index in [1.807, 2.05) is 12.1 Å². The van der Waals surface area contributed by atoms with Crippen molar-refractivity contribution in [3.05, 3.63) is 65.0 Å². The number of nitrogens with one attached hydrogen (secondary N) is 1. The van der Waals surface area contributed by atoms with Crippen LogP contribution in [0.2, 0.25) is 0 Å². The molecule has 2 rings (SSSR count). The second-order valence-corrected chi connectivity index (χ2v) is 5.36. The van der Waals surface area contributed by atoms with Gasteiger partial charge in [0.05, 0.1) is 7.11 Å². The van der Waals surface area contributed by atoms with Crippen molar-refractivity contribution in [1.82, 2.24) is 5.32 Å². The summed E-state index contributed by atoms with van der Waals surface area (Å²) in [6, 6.07) is 13.6. The third kappa shape index (κ3) is 3.61. The Bertz CT molecular complexity index is 612. The summed E-state index contributed by atoms with van der Waals surface area (Å²) < 4.78 is 18.5. The summed E-state index contributed by atoms with van der Waals surface area (Å²) in [7, 11) is 1.48. The monoisotopic (exact) mass is 287 g/mol. The number of hydrogen-bond acceptors (Lipinski definition) is 2. The van der Waals surface area contributed by atoms with Crippen LogP contribution in [0.4, 0.5) is 4.39 Å². The molecule has 2 aromatic carbocycles. The molecule has 0 spiro atoms. The predicted octanol–water partition coefficient (Wildman–Crippen LogP) is 4.55. The molecular formula is C18H22FNO. The average molecular weight is 287 g/mol. The second kappa shape index (κ2) is 6.72. The molecule has 0 saturated heterocycles. The SMILES string of the molecule is COc1cc(C(C)N[C@@H](C)c2ccccc2C)ccc1F. The molecule has 0 aliphatic rings. The standard InChI is InChI=1S/C18H22FNO/c1-12-7-5-6-8-16(12)14(3)20-13(2)15-9-10-17(19)18(11-15)21-4/h5-11,13-14,20H,1-4H3/t13?,14-/m0/s1. The summed E-state index contributed by atoms with van der Waals surface area (Å²) in [5, 5.41) is 3.55. The molecule has 1 unspecified atom stereocenters. The molecule has 0 heterocycles. The van der Waals surface area contributed by atoms with Crippen molar-refractivity contribution in [3.63, 3.8) is 0 Å². The molecule has 0 amide bonds. The Hall–Kier alpha value is -1.87. The molecular weight excluding hydrogens is 265 g/mol. The Morgan fingerprint density at radius 2 is 1.76 bits per heavy atom. The van der Waals surface area contributed by atoms with Crippen LogP contribution in [-0.2, 0) is 0 Å². The van der Waals surface area contributed by atoms with E-state index in [2.05, 4.69) is 38.2 Å². The summed E-state index contributed by atoms with van der Waals surface area (Å²) in [5.74, 6) is -0.0508. The van der Waals surface area contributed by atoms with Gasteiger partial charge in [-0.25, -0.2) is 4.39 Å². The average Bonchev–Trinajstić information content (AvgIpc) is 2.48. The summed E-state index contributed by atoms with van der Waals surface area (Å²) in [6.45, 7) is 6.32. The number of methoxy groups -OCH3 is 1. The highest BCUT2D eigenvalue weighted by molar-refractivity contribution is 5.33. The first-order valence-electron chi connectivity index (χ1n) is 7.18. The minimum absolute atomic E-state index is 0.106. The van der Waals surface area contributed by atoms with E-state index in [0.717, 1.165) is 5.56 Å². The van der Waals surface area contributed by atoms with E-state index >= 15 is 0 Å².